The molecule has 9 heteroatoms. The molecule has 1 aliphatic heterocycles. The maximum atomic E-state index is 8.90. The molecule has 5 rings (SSSR count). The van der Waals surface area contributed by atoms with Crippen molar-refractivity contribution in [2.24, 2.45) is 5.73 Å². The van der Waals surface area contributed by atoms with Gasteiger partial charge in [-0.25, -0.2) is 14.6 Å². The van der Waals surface area contributed by atoms with Crippen molar-refractivity contribution in [3.8, 4) is 6.07 Å². The summed E-state index contributed by atoms with van der Waals surface area (Å²) in [5, 5.41) is 22.3. The highest BCUT2D eigenvalue weighted by Crippen LogP contribution is 2.27. The molecule has 0 amide bonds. The summed E-state index contributed by atoms with van der Waals surface area (Å²) in [6, 6.07) is 5.96. The molecule has 0 aliphatic carbocycles. The van der Waals surface area contributed by atoms with E-state index in [0.29, 0.717) is 12.1 Å². The summed E-state index contributed by atoms with van der Waals surface area (Å²) in [6.45, 7) is 5.21. The Morgan fingerprint density at radius 2 is 2.10 bits per heavy atom. The number of nitrogens with zero attached hydrogens (tertiary/aromatic N) is 6. The average Bonchev–Trinajstić information content (AvgIpc) is 3.34. The maximum absolute atomic E-state index is 8.90. The van der Waals surface area contributed by atoms with E-state index >= 15 is 0 Å². The summed E-state index contributed by atoms with van der Waals surface area (Å²) in [4.78, 5) is 8.50. The van der Waals surface area contributed by atoms with Gasteiger partial charge >= 0.3 is 0 Å². The molecule has 1 saturated heterocycles. The average molecular weight is 404 g/mol. The second-order valence-electron chi connectivity index (χ2n) is 7.33. The molecular weight excluding hydrogens is 380 g/mol. The highest BCUT2D eigenvalue weighted by molar-refractivity contribution is 5.79. The van der Waals surface area contributed by atoms with Gasteiger partial charge in [-0.2, -0.15) is 15.5 Å². The van der Waals surface area contributed by atoms with Crippen molar-refractivity contribution in [3.05, 3.63) is 47.0 Å². The van der Waals surface area contributed by atoms with Crippen molar-refractivity contribution in [1.82, 2.24) is 29.9 Å². The Balaban J connectivity index is 0.000000158. The van der Waals surface area contributed by atoms with Crippen LogP contribution in [0, 0.1) is 25.2 Å². The van der Waals surface area contributed by atoms with Gasteiger partial charge in [-0.3, -0.25) is 5.10 Å². The van der Waals surface area contributed by atoms with E-state index in [1.807, 2.05) is 30.7 Å². The topological polar surface area (TPSA) is 131 Å². The summed E-state index contributed by atoms with van der Waals surface area (Å²) >= 11 is 0. The quantitative estimate of drug-likeness (QED) is 0.525. The van der Waals surface area contributed by atoms with Crippen molar-refractivity contribution >= 4 is 22.1 Å². The third kappa shape index (κ3) is 3.87. The normalized spacial score (nSPS) is 16.3. The fourth-order valence-electron chi connectivity index (χ4n) is 3.52. The van der Waals surface area contributed by atoms with E-state index in [-0.39, 0.29) is 6.23 Å². The van der Waals surface area contributed by atoms with Crippen LogP contribution in [0.3, 0.4) is 0 Å². The van der Waals surface area contributed by atoms with Gasteiger partial charge < -0.3 is 10.5 Å². The zero-order valence-electron chi connectivity index (χ0n) is 17.1. The van der Waals surface area contributed by atoms with Gasteiger partial charge in [0.2, 0.25) is 0 Å². The van der Waals surface area contributed by atoms with Crippen LogP contribution in [0.5, 0.6) is 0 Å². The van der Waals surface area contributed by atoms with Gasteiger partial charge in [0.1, 0.15) is 6.07 Å². The van der Waals surface area contributed by atoms with Crippen LogP contribution in [-0.4, -0.2) is 36.6 Å². The van der Waals surface area contributed by atoms with E-state index in [2.05, 4.69) is 31.3 Å². The van der Waals surface area contributed by atoms with Crippen LogP contribution in [0.15, 0.2) is 24.5 Å². The number of H-pyrrole nitrogens is 1. The molecule has 0 bridgehead atoms. The number of aromatic amines is 1. The van der Waals surface area contributed by atoms with Crippen LogP contribution in [0.2, 0.25) is 0 Å². The lowest BCUT2D eigenvalue weighted by molar-refractivity contribution is -0.0371. The lowest BCUT2D eigenvalue weighted by atomic mass is 10.2. The number of ether oxygens (including phenoxy) is 1. The molecule has 1 aliphatic rings. The monoisotopic (exact) mass is 404 g/mol. The zero-order valence-corrected chi connectivity index (χ0v) is 17.1. The molecule has 1 fully saturated rings. The molecule has 0 saturated carbocycles. The molecule has 30 heavy (non-hydrogen) atoms. The number of hydrogen-bond acceptors (Lipinski definition) is 7. The Morgan fingerprint density at radius 3 is 2.83 bits per heavy atom. The number of fused-ring (bicyclic) bond motifs is 2. The first-order valence-electron chi connectivity index (χ1n) is 9.97. The predicted molar refractivity (Wildman–Crippen MR) is 112 cm³/mol. The summed E-state index contributed by atoms with van der Waals surface area (Å²) in [5.74, 6) is 0. The number of hydrogen-bond donors (Lipinski definition) is 2. The molecule has 1 atom stereocenters. The minimum atomic E-state index is -0.0182. The largest absolute Gasteiger partial charge is 0.356 e. The second kappa shape index (κ2) is 8.57. The Bertz CT molecular complexity index is 1210. The van der Waals surface area contributed by atoms with E-state index in [4.69, 9.17) is 15.7 Å². The van der Waals surface area contributed by atoms with Crippen LogP contribution in [0.25, 0.3) is 22.1 Å². The standard InChI is InChI=1S/C13H14N4O.C8H10N4/c1-9-11-6-10(7-14)8-15-13(11)17(16-9)12-4-2-3-5-18-12;1-5-7-2-6(3-9)4-10-8(7)12-11-5/h6,8,12H,2-5H2,1H3;2,4H,3,9H2,1H3,(H,10,11,12). The van der Waals surface area contributed by atoms with Crippen molar-refractivity contribution in [2.75, 3.05) is 6.61 Å². The highest BCUT2D eigenvalue weighted by atomic mass is 16.5. The number of aromatic nitrogens is 6. The van der Waals surface area contributed by atoms with Gasteiger partial charge in [-0.15, -0.1) is 0 Å². The van der Waals surface area contributed by atoms with Gasteiger partial charge in [0.25, 0.3) is 0 Å². The minimum absolute atomic E-state index is 0.0182. The van der Waals surface area contributed by atoms with Crippen molar-refractivity contribution < 1.29 is 4.74 Å². The third-order valence-corrected chi connectivity index (χ3v) is 5.18. The summed E-state index contributed by atoms with van der Waals surface area (Å²) in [7, 11) is 0. The Kier molecular flexibility index (Phi) is 5.70. The maximum Gasteiger partial charge on any atom is 0.181 e. The lowest BCUT2D eigenvalue weighted by Gasteiger charge is -2.22. The molecule has 9 nitrogen and oxygen atoms in total. The number of rotatable bonds is 2. The van der Waals surface area contributed by atoms with E-state index in [1.54, 1.807) is 12.4 Å². The molecule has 1 unspecified atom stereocenters. The van der Waals surface area contributed by atoms with Gasteiger partial charge in [-0.05, 0) is 50.8 Å². The van der Waals surface area contributed by atoms with E-state index in [1.165, 1.54) is 0 Å². The first kappa shape index (κ1) is 19.9. The highest BCUT2D eigenvalue weighted by Gasteiger charge is 2.20. The SMILES string of the molecule is Cc1[nH]nc2ncc(CN)cc12.Cc1nn(C2CCCCO2)c2ncc(C#N)cc12. The van der Waals surface area contributed by atoms with Gasteiger partial charge in [-0.1, -0.05) is 0 Å². The number of aryl methyl sites for hydroxylation is 2. The van der Waals surface area contributed by atoms with E-state index in [9.17, 15) is 0 Å². The predicted octanol–water partition coefficient (Wildman–Crippen LogP) is 3.04. The molecule has 0 radical (unpaired) electrons. The zero-order chi connectivity index (χ0) is 21.1. The molecule has 4 aromatic heterocycles. The van der Waals surface area contributed by atoms with Crippen LogP contribution >= 0.6 is 0 Å². The minimum Gasteiger partial charge on any atom is -0.356 e. The fraction of sp³-hybridized carbons (Fsp3) is 0.381. The van der Waals surface area contributed by atoms with Crippen LogP contribution in [-0.2, 0) is 11.3 Å². The van der Waals surface area contributed by atoms with Crippen molar-refractivity contribution in [2.45, 2.75) is 45.9 Å². The van der Waals surface area contributed by atoms with Crippen LogP contribution in [0.1, 0.15) is 48.0 Å². The summed E-state index contributed by atoms with van der Waals surface area (Å²) in [6.07, 6.45) is 6.56. The number of nitrogens with two attached hydrogens (primary N) is 1. The van der Waals surface area contributed by atoms with E-state index in [0.717, 1.165) is 64.9 Å². The molecule has 0 aromatic carbocycles. The first-order valence-corrected chi connectivity index (χ1v) is 9.97. The Morgan fingerprint density at radius 1 is 1.23 bits per heavy atom. The molecule has 4 aromatic rings. The first-order chi connectivity index (χ1) is 14.6. The van der Waals surface area contributed by atoms with Gasteiger partial charge in [0, 0.05) is 42.0 Å². The molecule has 5 heterocycles. The third-order valence-electron chi connectivity index (χ3n) is 5.18. The number of nitriles is 1. The van der Waals surface area contributed by atoms with Gasteiger partial charge in [0.15, 0.2) is 17.5 Å². The van der Waals surface area contributed by atoms with Crippen molar-refractivity contribution in [1.29, 1.82) is 5.26 Å². The van der Waals surface area contributed by atoms with Crippen molar-refractivity contribution in [3.63, 3.8) is 0 Å². The Labute approximate surface area is 173 Å². The molecule has 0 spiro atoms. The smallest absolute Gasteiger partial charge is 0.181 e. The molecular formula is C21H24N8O. The molecule has 154 valence electrons. The van der Waals surface area contributed by atoms with Crippen LogP contribution in [0.4, 0.5) is 0 Å². The lowest BCUT2D eigenvalue weighted by Crippen LogP contribution is -2.19. The van der Waals surface area contributed by atoms with Crippen LogP contribution < -0.4 is 5.73 Å². The molecule has 3 N–H and O–H groups in total. The second-order valence-corrected chi connectivity index (χ2v) is 7.33. The number of pyridine rings is 2. The number of nitrogens with one attached hydrogen (secondary N) is 1. The summed E-state index contributed by atoms with van der Waals surface area (Å²) in [5.41, 5.74) is 10.6. The van der Waals surface area contributed by atoms with E-state index < -0.39 is 0 Å². The van der Waals surface area contributed by atoms with Gasteiger partial charge in [0.05, 0.1) is 11.3 Å². The summed E-state index contributed by atoms with van der Waals surface area (Å²) < 4.78 is 7.59. The Hall–Kier alpha value is -3.35. The fourth-order valence-corrected chi connectivity index (χ4v) is 3.52.